The van der Waals surface area contributed by atoms with Crippen molar-refractivity contribution in [1.82, 2.24) is 0 Å². The van der Waals surface area contributed by atoms with Crippen LogP contribution >= 0.6 is 0 Å². The maximum absolute atomic E-state index is 11.5. The molecular weight excluding hydrogens is 274 g/mol. The molecule has 0 radical (unpaired) electrons. The van der Waals surface area contributed by atoms with Gasteiger partial charge in [0.05, 0.1) is 16.1 Å². The molecule has 4 nitrogen and oxygen atoms in total. The van der Waals surface area contributed by atoms with E-state index in [1.165, 1.54) is 6.26 Å². The Labute approximate surface area is 121 Å². The van der Waals surface area contributed by atoms with Crippen LogP contribution in [0.4, 0.5) is 5.69 Å². The van der Waals surface area contributed by atoms with E-state index in [9.17, 15) is 8.42 Å². The van der Waals surface area contributed by atoms with Gasteiger partial charge in [-0.1, -0.05) is 0 Å². The van der Waals surface area contributed by atoms with E-state index in [2.05, 4.69) is 32.6 Å². The third-order valence-corrected chi connectivity index (χ3v) is 4.45. The van der Waals surface area contributed by atoms with Gasteiger partial charge in [0.2, 0.25) is 0 Å². The van der Waals surface area contributed by atoms with Gasteiger partial charge in [0.25, 0.3) is 0 Å². The molecule has 1 heterocycles. The van der Waals surface area contributed by atoms with Crippen LogP contribution < -0.4 is 4.90 Å². The van der Waals surface area contributed by atoms with Crippen molar-refractivity contribution >= 4 is 15.5 Å². The largest absolute Gasteiger partial charge is 0.366 e. The minimum Gasteiger partial charge on any atom is -0.366 e. The van der Waals surface area contributed by atoms with Crippen molar-refractivity contribution in [2.45, 2.75) is 43.8 Å². The lowest BCUT2D eigenvalue weighted by Crippen LogP contribution is -2.57. The maximum atomic E-state index is 11.5. The Morgan fingerprint density at radius 1 is 1.00 bits per heavy atom. The third-order valence-electron chi connectivity index (χ3n) is 3.33. The van der Waals surface area contributed by atoms with E-state index >= 15 is 0 Å². The van der Waals surface area contributed by atoms with Crippen LogP contribution in [0.5, 0.6) is 0 Å². The van der Waals surface area contributed by atoms with Crippen LogP contribution in [0, 0.1) is 0 Å². The van der Waals surface area contributed by atoms with Gasteiger partial charge in [-0.05, 0) is 52.0 Å². The van der Waals surface area contributed by atoms with E-state index in [4.69, 9.17) is 4.74 Å². The molecule has 0 atom stereocenters. The first-order valence-electron chi connectivity index (χ1n) is 6.74. The summed E-state index contributed by atoms with van der Waals surface area (Å²) < 4.78 is 29.0. The van der Waals surface area contributed by atoms with Crippen LogP contribution in [0.15, 0.2) is 29.2 Å². The summed E-state index contributed by atoms with van der Waals surface area (Å²) in [6.07, 6.45) is 1.23. The maximum Gasteiger partial charge on any atom is 0.175 e. The quantitative estimate of drug-likeness (QED) is 0.841. The predicted molar refractivity (Wildman–Crippen MR) is 81.0 cm³/mol. The summed E-state index contributed by atoms with van der Waals surface area (Å²) in [4.78, 5) is 2.60. The summed E-state index contributed by atoms with van der Waals surface area (Å²) in [5, 5.41) is 0. The molecule has 0 N–H and O–H groups in total. The summed E-state index contributed by atoms with van der Waals surface area (Å²) in [5.74, 6) is 0. The van der Waals surface area contributed by atoms with E-state index in [1.54, 1.807) is 12.1 Å². The van der Waals surface area contributed by atoms with Crippen LogP contribution in [-0.2, 0) is 14.6 Å². The highest BCUT2D eigenvalue weighted by Crippen LogP contribution is 2.31. The predicted octanol–water partition coefficient (Wildman–Crippen LogP) is 2.48. The fourth-order valence-corrected chi connectivity index (χ4v) is 3.50. The van der Waals surface area contributed by atoms with Crippen LogP contribution in [-0.4, -0.2) is 39.0 Å². The molecule has 112 valence electrons. The number of rotatable bonds is 2. The Bertz CT molecular complexity index is 572. The van der Waals surface area contributed by atoms with E-state index in [1.807, 2.05) is 12.1 Å². The van der Waals surface area contributed by atoms with Crippen LogP contribution in [0.3, 0.4) is 0 Å². The number of anilines is 1. The van der Waals surface area contributed by atoms with Crippen LogP contribution in [0.25, 0.3) is 0 Å². The molecule has 1 fully saturated rings. The minimum absolute atomic E-state index is 0.225. The van der Waals surface area contributed by atoms with Gasteiger partial charge < -0.3 is 9.64 Å². The molecule has 5 heteroatoms. The highest BCUT2D eigenvalue weighted by atomic mass is 32.2. The van der Waals surface area contributed by atoms with Crippen molar-refractivity contribution in [3.05, 3.63) is 24.3 Å². The topological polar surface area (TPSA) is 46.6 Å². The van der Waals surface area contributed by atoms with Gasteiger partial charge in [0.15, 0.2) is 9.84 Å². The molecule has 0 unspecified atom stereocenters. The first-order valence-corrected chi connectivity index (χ1v) is 8.63. The molecule has 1 aromatic rings. The average Bonchev–Trinajstić information content (AvgIpc) is 2.24. The Hall–Kier alpha value is -1.07. The van der Waals surface area contributed by atoms with E-state index in [0.29, 0.717) is 4.90 Å². The molecule has 1 aliphatic rings. The van der Waals surface area contributed by atoms with Gasteiger partial charge in [0.1, 0.15) is 0 Å². The summed E-state index contributed by atoms with van der Waals surface area (Å²) in [6.45, 7) is 9.87. The second-order valence-corrected chi connectivity index (χ2v) is 8.76. The van der Waals surface area contributed by atoms with Gasteiger partial charge in [0, 0.05) is 25.0 Å². The molecule has 1 aliphatic heterocycles. The van der Waals surface area contributed by atoms with Gasteiger partial charge in [-0.25, -0.2) is 8.42 Å². The SMILES string of the molecule is CC1(C)CN(c2ccc(S(C)(=O)=O)cc2)CC(C)(C)O1. The van der Waals surface area contributed by atoms with Crippen LogP contribution in [0.1, 0.15) is 27.7 Å². The summed E-state index contributed by atoms with van der Waals surface area (Å²) in [5.41, 5.74) is 0.580. The van der Waals surface area contributed by atoms with Crippen molar-refractivity contribution in [2.75, 3.05) is 24.2 Å². The highest BCUT2D eigenvalue weighted by molar-refractivity contribution is 7.90. The number of nitrogens with zero attached hydrogens (tertiary/aromatic N) is 1. The molecule has 0 amide bonds. The van der Waals surface area contributed by atoms with E-state index in [0.717, 1.165) is 18.8 Å². The number of hydrogen-bond donors (Lipinski definition) is 0. The number of hydrogen-bond acceptors (Lipinski definition) is 4. The zero-order chi connectivity index (χ0) is 15.2. The second kappa shape index (κ2) is 4.74. The van der Waals surface area contributed by atoms with Crippen LogP contribution in [0.2, 0.25) is 0 Å². The first kappa shape index (κ1) is 15.3. The number of sulfone groups is 1. The summed E-state index contributed by atoms with van der Waals surface area (Å²) in [7, 11) is -3.14. The zero-order valence-electron chi connectivity index (χ0n) is 12.8. The molecular formula is C15H23NO3S. The summed E-state index contributed by atoms with van der Waals surface area (Å²) in [6, 6.07) is 7.07. The molecule has 0 aromatic heterocycles. The molecule has 2 rings (SSSR count). The minimum atomic E-state index is -3.14. The smallest absolute Gasteiger partial charge is 0.175 e. The zero-order valence-corrected chi connectivity index (χ0v) is 13.6. The molecule has 0 spiro atoms. The van der Waals surface area contributed by atoms with Gasteiger partial charge in [-0.15, -0.1) is 0 Å². The normalized spacial score (nSPS) is 21.8. The van der Waals surface area contributed by atoms with Gasteiger partial charge >= 0.3 is 0 Å². The van der Waals surface area contributed by atoms with E-state index < -0.39 is 9.84 Å². The van der Waals surface area contributed by atoms with Crippen molar-refractivity contribution in [3.8, 4) is 0 Å². The van der Waals surface area contributed by atoms with Crippen molar-refractivity contribution < 1.29 is 13.2 Å². The first-order chi connectivity index (χ1) is 8.99. The van der Waals surface area contributed by atoms with Gasteiger partial charge in [-0.3, -0.25) is 0 Å². The molecule has 1 saturated heterocycles. The monoisotopic (exact) mass is 297 g/mol. The molecule has 1 aromatic carbocycles. The Kier molecular flexibility index (Phi) is 3.63. The molecule has 0 saturated carbocycles. The Balaban J connectivity index is 2.27. The Morgan fingerprint density at radius 2 is 1.45 bits per heavy atom. The lowest BCUT2D eigenvalue weighted by molar-refractivity contribution is -0.133. The fourth-order valence-electron chi connectivity index (χ4n) is 2.87. The third kappa shape index (κ3) is 3.52. The molecule has 0 bridgehead atoms. The number of ether oxygens (including phenoxy) is 1. The second-order valence-electron chi connectivity index (χ2n) is 6.74. The lowest BCUT2D eigenvalue weighted by atomic mass is 9.98. The summed E-state index contributed by atoms with van der Waals surface area (Å²) >= 11 is 0. The number of benzene rings is 1. The average molecular weight is 297 g/mol. The fraction of sp³-hybridized carbons (Fsp3) is 0.600. The van der Waals surface area contributed by atoms with Crippen molar-refractivity contribution in [3.63, 3.8) is 0 Å². The lowest BCUT2D eigenvalue weighted by Gasteiger charge is -2.48. The van der Waals surface area contributed by atoms with Crippen molar-refractivity contribution in [1.29, 1.82) is 0 Å². The van der Waals surface area contributed by atoms with E-state index in [-0.39, 0.29) is 11.2 Å². The standard InChI is InChI=1S/C15H23NO3S/c1-14(2)10-16(11-15(3,4)19-14)12-6-8-13(9-7-12)20(5,17)18/h6-9H,10-11H2,1-5H3. The van der Waals surface area contributed by atoms with Crippen molar-refractivity contribution in [2.24, 2.45) is 0 Å². The molecule has 20 heavy (non-hydrogen) atoms. The number of morpholine rings is 1. The molecule has 0 aliphatic carbocycles. The Morgan fingerprint density at radius 3 is 1.85 bits per heavy atom. The highest BCUT2D eigenvalue weighted by Gasteiger charge is 2.38. The van der Waals surface area contributed by atoms with Gasteiger partial charge in [-0.2, -0.15) is 0 Å².